The molecular formula is C15H18N2O2. The van der Waals surface area contributed by atoms with Gasteiger partial charge in [-0.05, 0) is 43.5 Å². The Hall–Kier alpha value is -2.02. The van der Waals surface area contributed by atoms with Gasteiger partial charge in [-0.1, -0.05) is 12.8 Å². The predicted molar refractivity (Wildman–Crippen MR) is 72.9 cm³/mol. The zero-order chi connectivity index (χ0) is 13.9. The molecule has 1 saturated carbocycles. The van der Waals surface area contributed by atoms with Gasteiger partial charge in [0.15, 0.2) is 0 Å². The molecule has 0 saturated heterocycles. The Balaban J connectivity index is 2.17. The van der Waals surface area contributed by atoms with Gasteiger partial charge in [-0.15, -0.1) is 0 Å². The number of methoxy groups -OCH3 is 1. The lowest BCUT2D eigenvalue weighted by molar-refractivity contribution is -0.122. The Bertz CT molecular complexity index is 525. The van der Waals surface area contributed by atoms with Gasteiger partial charge < -0.3 is 10.1 Å². The molecule has 1 aromatic carbocycles. The molecule has 1 fully saturated rings. The maximum Gasteiger partial charge on any atom is 0.244 e. The molecule has 0 atom stereocenters. The van der Waals surface area contributed by atoms with Crippen molar-refractivity contribution in [2.24, 2.45) is 5.41 Å². The van der Waals surface area contributed by atoms with Crippen LogP contribution in [-0.4, -0.2) is 13.0 Å². The molecule has 1 aliphatic carbocycles. The smallest absolute Gasteiger partial charge is 0.244 e. The fourth-order valence-electron chi connectivity index (χ4n) is 2.51. The predicted octanol–water partition coefficient (Wildman–Crippen LogP) is 3.03. The van der Waals surface area contributed by atoms with Gasteiger partial charge in [-0.2, -0.15) is 5.26 Å². The standard InChI is InChI=1S/C15H18N2O2/c1-11-9-12(19-2)5-6-13(11)17-14(18)15(10-16)7-3-4-8-15/h5-6,9H,3-4,7-8H2,1-2H3,(H,17,18). The number of hydrogen-bond donors (Lipinski definition) is 1. The summed E-state index contributed by atoms with van der Waals surface area (Å²) in [5.74, 6) is 0.576. The van der Waals surface area contributed by atoms with Crippen LogP contribution in [0.15, 0.2) is 18.2 Å². The lowest BCUT2D eigenvalue weighted by atomic mass is 9.87. The minimum Gasteiger partial charge on any atom is -0.497 e. The molecule has 0 unspecified atom stereocenters. The first-order chi connectivity index (χ1) is 9.11. The van der Waals surface area contributed by atoms with Gasteiger partial charge in [0, 0.05) is 5.69 Å². The van der Waals surface area contributed by atoms with E-state index in [-0.39, 0.29) is 5.91 Å². The van der Waals surface area contributed by atoms with Crippen LogP contribution in [0.2, 0.25) is 0 Å². The summed E-state index contributed by atoms with van der Waals surface area (Å²) in [6.45, 7) is 1.91. The number of rotatable bonds is 3. The quantitative estimate of drug-likeness (QED) is 0.906. The summed E-state index contributed by atoms with van der Waals surface area (Å²) >= 11 is 0. The van der Waals surface area contributed by atoms with Gasteiger partial charge in [0.1, 0.15) is 11.2 Å². The first-order valence-corrected chi connectivity index (χ1v) is 6.49. The lowest BCUT2D eigenvalue weighted by Gasteiger charge is -2.20. The first-order valence-electron chi connectivity index (χ1n) is 6.49. The van der Waals surface area contributed by atoms with Crippen LogP contribution in [0.1, 0.15) is 31.2 Å². The van der Waals surface area contributed by atoms with Crippen molar-refractivity contribution in [1.82, 2.24) is 0 Å². The zero-order valence-corrected chi connectivity index (χ0v) is 11.3. The number of nitrogens with zero attached hydrogens (tertiary/aromatic N) is 1. The number of anilines is 1. The number of benzene rings is 1. The van der Waals surface area contributed by atoms with Gasteiger partial charge in [-0.25, -0.2) is 0 Å². The summed E-state index contributed by atoms with van der Waals surface area (Å²) in [5, 5.41) is 12.2. The highest BCUT2D eigenvalue weighted by molar-refractivity contribution is 5.98. The third-order valence-corrected chi connectivity index (χ3v) is 3.79. The third kappa shape index (κ3) is 2.55. The second-order valence-electron chi connectivity index (χ2n) is 5.04. The molecule has 4 heteroatoms. The molecular weight excluding hydrogens is 240 g/mol. The molecule has 0 heterocycles. The number of hydrogen-bond acceptors (Lipinski definition) is 3. The van der Waals surface area contributed by atoms with Crippen LogP contribution in [0, 0.1) is 23.7 Å². The van der Waals surface area contributed by atoms with Gasteiger partial charge in [-0.3, -0.25) is 4.79 Å². The highest BCUT2D eigenvalue weighted by Gasteiger charge is 2.41. The summed E-state index contributed by atoms with van der Waals surface area (Å²) < 4.78 is 5.13. The zero-order valence-electron chi connectivity index (χ0n) is 11.3. The average molecular weight is 258 g/mol. The van der Waals surface area contributed by atoms with Crippen molar-refractivity contribution in [1.29, 1.82) is 5.26 Å². The molecule has 0 aromatic heterocycles. The summed E-state index contributed by atoms with van der Waals surface area (Å²) in [5.41, 5.74) is 0.831. The van der Waals surface area contributed by atoms with E-state index < -0.39 is 5.41 Å². The van der Waals surface area contributed by atoms with Crippen molar-refractivity contribution < 1.29 is 9.53 Å². The average Bonchev–Trinajstić information content (AvgIpc) is 2.91. The summed E-state index contributed by atoms with van der Waals surface area (Å²) in [6.07, 6.45) is 3.21. The molecule has 4 nitrogen and oxygen atoms in total. The summed E-state index contributed by atoms with van der Waals surface area (Å²) in [6, 6.07) is 7.68. The SMILES string of the molecule is COc1ccc(NC(=O)C2(C#N)CCCC2)c(C)c1. The number of ether oxygens (including phenoxy) is 1. The van der Waals surface area contributed by atoms with Crippen LogP contribution in [0.25, 0.3) is 0 Å². The van der Waals surface area contributed by atoms with E-state index in [1.807, 2.05) is 19.1 Å². The van der Waals surface area contributed by atoms with Crippen molar-refractivity contribution in [2.75, 3.05) is 12.4 Å². The Morgan fingerprint density at radius 3 is 2.63 bits per heavy atom. The van der Waals surface area contributed by atoms with Crippen molar-refractivity contribution in [2.45, 2.75) is 32.6 Å². The number of aryl methyl sites for hydroxylation is 1. The number of amides is 1. The van der Waals surface area contributed by atoms with Crippen LogP contribution in [0.4, 0.5) is 5.69 Å². The van der Waals surface area contributed by atoms with Gasteiger partial charge >= 0.3 is 0 Å². The molecule has 1 aromatic rings. The largest absolute Gasteiger partial charge is 0.497 e. The molecule has 1 aliphatic rings. The Morgan fingerprint density at radius 2 is 2.11 bits per heavy atom. The van der Waals surface area contributed by atoms with Gasteiger partial charge in [0.05, 0.1) is 13.2 Å². The van der Waals surface area contributed by atoms with Gasteiger partial charge in [0.2, 0.25) is 5.91 Å². The number of carbonyl (C=O) groups excluding carboxylic acids is 1. The van der Waals surface area contributed by atoms with E-state index in [2.05, 4.69) is 11.4 Å². The second kappa shape index (κ2) is 5.31. The Kier molecular flexibility index (Phi) is 3.75. The van der Waals surface area contributed by atoms with Crippen molar-refractivity contribution in [3.05, 3.63) is 23.8 Å². The molecule has 19 heavy (non-hydrogen) atoms. The van der Waals surface area contributed by atoms with E-state index in [9.17, 15) is 10.1 Å². The topological polar surface area (TPSA) is 62.1 Å². The number of nitriles is 1. The fraction of sp³-hybridized carbons (Fsp3) is 0.467. The van der Waals surface area contributed by atoms with E-state index in [1.54, 1.807) is 13.2 Å². The Labute approximate surface area is 113 Å². The van der Waals surface area contributed by atoms with E-state index in [1.165, 1.54) is 0 Å². The molecule has 0 spiro atoms. The Morgan fingerprint density at radius 1 is 1.42 bits per heavy atom. The van der Waals surface area contributed by atoms with Crippen molar-refractivity contribution in [3.8, 4) is 11.8 Å². The van der Waals surface area contributed by atoms with Crippen LogP contribution in [0.3, 0.4) is 0 Å². The maximum atomic E-state index is 12.3. The molecule has 1 N–H and O–H groups in total. The normalized spacial score (nSPS) is 16.7. The third-order valence-electron chi connectivity index (χ3n) is 3.79. The number of nitrogens with one attached hydrogen (secondary N) is 1. The monoisotopic (exact) mass is 258 g/mol. The summed E-state index contributed by atoms with van der Waals surface area (Å²) in [4.78, 5) is 12.3. The van der Waals surface area contributed by atoms with Crippen LogP contribution in [-0.2, 0) is 4.79 Å². The molecule has 0 bridgehead atoms. The second-order valence-corrected chi connectivity index (χ2v) is 5.04. The van der Waals surface area contributed by atoms with E-state index in [4.69, 9.17) is 4.74 Å². The van der Waals surface area contributed by atoms with Crippen LogP contribution < -0.4 is 10.1 Å². The molecule has 0 aliphatic heterocycles. The molecule has 2 rings (SSSR count). The highest BCUT2D eigenvalue weighted by Crippen LogP contribution is 2.38. The van der Waals surface area contributed by atoms with Crippen molar-refractivity contribution >= 4 is 11.6 Å². The summed E-state index contributed by atoms with van der Waals surface area (Å²) in [7, 11) is 1.61. The highest BCUT2D eigenvalue weighted by atomic mass is 16.5. The van der Waals surface area contributed by atoms with E-state index >= 15 is 0 Å². The molecule has 1 amide bonds. The first kappa shape index (κ1) is 13.4. The maximum absolute atomic E-state index is 12.3. The van der Waals surface area contributed by atoms with Gasteiger partial charge in [0.25, 0.3) is 0 Å². The number of carbonyl (C=O) groups is 1. The minimum absolute atomic E-state index is 0.180. The molecule has 100 valence electrons. The fourth-order valence-corrected chi connectivity index (χ4v) is 2.51. The van der Waals surface area contributed by atoms with E-state index in [0.717, 1.165) is 29.8 Å². The lowest BCUT2D eigenvalue weighted by Crippen LogP contribution is -2.32. The minimum atomic E-state index is -0.841. The molecule has 0 radical (unpaired) electrons. The van der Waals surface area contributed by atoms with E-state index in [0.29, 0.717) is 12.8 Å². The van der Waals surface area contributed by atoms with Crippen molar-refractivity contribution in [3.63, 3.8) is 0 Å². The van der Waals surface area contributed by atoms with Crippen LogP contribution in [0.5, 0.6) is 5.75 Å². The van der Waals surface area contributed by atoms with Crippen LogP contribution >= 0.6 is 0 Å².